The molecule has 1 fully saturated rings. The second-order valence-electron chi connectivity index (χ2n) is 4.25. The van der Waals surface area contributed by atoms with Gasteiger partial charge in [-0.05, 0) is 56.0 Å². The van der Waals surface area contributed by atoms with Crippen molar-refractivity contribution in [1.29, 1.82) is 0 Å². The van der Waals surface area contributed by atoms with Crippen LogP contribution in [0, 0.1) is 5.92 Å². The second kappa shape index (κ2) is 5.17. The van der Waals surface area contributed by atoms with Crippen LogP contribution in [0.15, 0.2) is 24.3 Å². The number of hydrogen-bond acceptors (Lipinski definition) is 2. The van der Waals surface area contributed by atoms with Gasteiger partial charge in [-0.25, -0.2) is 0 Å². The van der Waals surface area contributed by atoms with Crippen LogP contribution in [-0.2, 0) is 6.42 Å². The molecule has 15 heavy (non-hydrogen) atoms. The molecule has 0 aromatic heterocycles. The van der Waals surface area contributed by atoms with Crippen molar-refractivity contribution in [3.63, 3.8) is 0 Å². The summed E-state index contributed by atoms with van der Waals surface area (Å²) < 4.78 is 5.15. The largest absolute Gasteiger partial charge is 0.497 e. The minimum Gasteiger partial charge on any atom is -0.497 e. The SMILES string of the molecule is COc1ccc(CC2CCNCC2)cc1. The highest BCUT2D eigenvalue weighted by Crippen LogP contribution is 2.19. The number of ether oxygens (including phenoxy) is 1. The average molecular weight is 205 g/mol. The fraction of sp³-hybridized carbons (Fsp3) is 0.538. The van der Waals surface area contributed by atoms with Crippen molar-refractivity contribution in [3.8, 4) is 5.75 Å². The van der Waals surface area contributed by atoms with Crippen LogP contribution < -0.4 is 10.1 Å². The predicted molar refractivity (Wildman–Crippen MR) is 62.3 cm³/mol. The summed E-state index contributed by atoms with van der Waals surface area (Å²) in [6, 6.07) is 8.47. The lowest BCUT2D eigenvalue weighted by Crippen LogP contribution is -2.28. The van der Waals surface area contributed by atoms with Gasteiger partial charge in [-0.1, -0.05) is 12.1 Å². The first-order valence-corrected chi connectivity index (χ1v) is 5.72. The molecule has 1 aromatic rings. The Morgan fingerprint density at radius 2 is 1.87 bits per heavy atom. The number of hydrogen-bond donors (Lipinski definition) is 1. The number of piperidine rings is 1. The van der Waals surface area contributed by atoms with E-state index in [4.69, 9.17) is 4.74 Å². The quantitative estimate of drug-likeness (QED) is 0.817. The Kier molecular flexibility index (Phi) is 3.62. The second-order valence-corrected chi connectivity index (χ2v) is 4.25. The van der Waals surface area contributed by atoms with Crippen LogP contribution in [0.1, 0.15) is 18.4 Å². The fourth-order valence-electron chi connectivity index (χ4n) is 2.18. The molecule has 0 atom stereocenters. The van der Waals surface area contributed by atoms with Crippen molar-refractivity contribution in [3.05, 3.63) is 29.8 Å². The van der Waals surface area contributed by atoms with Gasteiger partial charge in [-0.2, -0.15) is 0 Å². The predicted octanol–water partition coefficient (Wildman–Crippen LogP) is 2.24. The lowest BCUT2D eigenvalue weighted by atomic mass is 9.91. The Morgan fingerprint density at radius 3 is 2.47 bits per heavy atom. The van der Waals surface area contributed by atoms with Crippen LogP contribution in [0.25, 0.3) is 0 Å². The molecule has 1 saturated heterocycles. The number of nitrogens with one attached hydrogen (secondary N) is 1. The van der Waals surface area contributed by atoms with Gasteiger partial charge in [0.15, 0.2) is 0 Å². The summed E-state index contributed by atoms with van der Waals surface area (Å²) in [6.07, 6.45) is 3.84. The van der Waals surface area contributed by atoms with Gasteiger partial charge < -0.3 is 10.1 Å². The van der Waals surface area contributed by atoms with Gasteiger partial charge in [0.05, 0.1) is 7.11 Å². The summed E-state index contributed by atoms with van der Waals surface area (Å²) in [5.74, 6) is 1.81. The Bertz CT molecular complexity index is 288. The first kappa shape index (κ1) is 10.5. The van der Waals surface area contributed by atoms with Crippen LogP contribution in [-0.4, -0.2) is 20.2 Å². The highest BCUT2D eigenvalue weighted by molar-refractivity contribution is 5.27. The summed E-state index contributed by atoms with van der Waals surface area (Å²) in [5.41, 5.74) is 1.43. The molecule has 0 unspecified atom stereocenters. The maximum Gasteiger partial charge on any atom is 0.118 e. The van der Waals surface area contributed by atoms with Crippen LogP contribution in [0.2, 0.25) is 0 Å². The molecular formula is C13H19NO. The maximum atomic E-state index is 5.15. The minimum absolute atomic E-state index is 0.861. The third kappa shape index (κ3) is 2.96. The molecule has 1 aliphatic rings. The van der Waals surface area contributed by atoms with Crippen molar-refractivity contribution in [1.82, 2.24) is 5.32 Å². The Balaban J connectivity index is 1.91. The summed E-state index contributed by atoms with van der Waals surface area (Å²) in [7, 11) is 1.71. The number of methoxy groups -OCH3 is 1. The van der Waals surface area contributed by atoms with E-state index in [0.717, 1.165) is 11.7 Å². The zero-order valence-corrected chi connectivity index (χ0v) is 9.33. The van der Waals surface area contributed by atoms with Crippen molar-refractivity contribution in [2.75, 3.05) is 20.2 Å². The third-order valence-corrected chi connectivity index (χ3v) is 3.14. The van der Waals surface area contributed by atoms with Crippen molar-refractivity contribution >= 4 is 0 Å². The van der Waals surface area contributed by atoms with Gasteiger partial charge in [0.1, 0.15) is 5.75 Å². The Hall–Kier alpha value is -1.02. The topological polar surface area (TPSA) is 21.3 Å². The summed E-state index contributed by atoms with van der Waals surface area (Å²) in [6.45, 7) is 2.36. The molecule has 0 aliphatic carbocycles. The standard InChI is InChI=1S/C13H19NO/c1-15-13-4-2-11(3-5-13)10-12-6-8-14-9-7-12/h2-5,12,14H,6-10H2,1H3. The van der Waals surface area contributed by atoms with Crippen LogP contribution in [0.3, 0.4) is 0 Å². The average Bonchev–Trinajstić information content (AvgIpc) is 2.31. The highest BCUT2D eigenvalue weighted by atomic mass is 16.5. The molecule has 0 radical (unpaired) electrons. The van der Waals surface area contributed by atoms with Crippen molar-refractivity contribution in [2.24, 2.45) is 5.92 Å². The monoisotopic (exact) mass is 205 g/mol. The first-order valence-electron chi connectivity index (χ1n) is 5.72. The highest BCUT2D eigenvalue weighted by Gasteiger charge is 2.13. The fourth-order valence-corrected chi connectivity index (χ4v) is 2.18. The molecule has 2 heteroatoms. The molecule has 0 amide bonds. The van der Waals surface area contributed by atoms with Gasteiger partial charge >= 0.3 is 0 Å². The molecule has 0 spiro atoms. The summed E-state index contributed by atoms with van der Waals surface area (Å²) in [5, 5.41) is 3.40. The van der Waals surface area contributed by atoms with Crippen LogP contribution >= 0.6 is 0 Å². The van der Waals surface area contributed by atoms with Gasteiger partial charge in [0.25, 0.3) is 0 Å². The summed E-state index contributed by atoms with van der Waals surface area (Å²) in [4.78, 5) is 0. The van der Waals surface area contributed by atoms with Crippen LogP contribution in [0.4, 0.5) is 0 Å². The van der Waals surface area contributed by atoms with E-state index in [1.54, 1.807) is 7.11 Å². The lowest BCUT2D eigenvalue weighted by Gasteiger charge is -2.22. The molecule has 82 valence electrons. The van der Waals surface area contributed by atoms with Gasteiger partial charge in [-0.3, -0.25) is 0 Å². The Labute approximate surface area is 91.6 Å². The molecule has 0 bridgehead atoms. The van der Waals surface area contributed by atoms with E-state index in [0.29, 0.717) is 0 Å². The van der Waals surface area contributed by atoms with E-state index < -0.39 is 0 Å². The number of benzene rings is 1. The van der Waals surface area contributed by atoms with Crippen molar-refractivity contribution in [2.45, 2.75) is 19.3 Å². The maximum absolute atomic E-state index is 5.15. The molecule has 1 aliphatic heterocycles. The third-order valence-electron chi connectivity index (χ3n) is 3.14. The molecule has 1 N–H and O–H groups in total. The Morgan fingerprint density at radius 1 is 1.20 bits per heavy atom. The molecule has 1 heterocycles. The molecular weight excluding hydrogens is 186 g/mol. The molecule has 0 saturated carbocycles. The summed E-state index contributed by atoms with van der Waals surface area (Å²) >= 11 is 0. The minimum atomic E-state index is 0.861. The zero-order valence-electron chi connectivity index (χ0n) is 9.33. The first-order chi connectivity index (χ1) is 7.38. The van der Waals surface area contributed by atoms with E-state index >= 15 is 0 Å². The smallest absolute Gasteiger partial charge is 0.118 e. The van der Waals surface area contributed by atoms with E-state index in [2.05, 4.69) is 29.6 Å². The van der Waals surface area contributed by atoms with Crippen LogP contribution in [0.5, 0.6) is 5.75 Å². The number of rotatable bonds is 3. The van der Waals surface area contributed by atoms with E-state index in [9.17, 15) is 0 Å². The van der Waals surface area contributed by atoms with Gasteiger partial charge in [-0.15, -0.1) is 0 Å². The van der Waals surface area contributed by atoms with E-state index in [-0.39, 0.29) is 0 Å². The van der Waals surface area contributed by atoms with E-state index in [1.807, 2.05) is 0 Å². The molecule has 2 rings (SSSR count). The van der Waals surface area contributed by atoms with E-state index in [1.165, 1.54) is 37.9 Å². The van der Waals surface area contributed by atoms with Gasteiger partial charge in [0, 0.05) is 0 Å². The van der Waals surface area contributed by atoms with Gasteiger partial charge in [0.2, 0.25) is 0 Å². The lowest BCUT2D eigenvalue weighted by molar-refractivity contribution is 0.372. The molecule has 2 nitrogen and oxygen atoms in total. The zero-order chi connectivity index (χ0) is 10.5. The van der Waals surface area contributed by atoms with Crippen molar-refractivity contribution < 1.29 is 4.74 Å². The molecule has 1 aromatic carbocycles. The normalized spacial score (nSPS) is 17.7.